The Morgan fingerprint density at radius 2 is 2.00 bits per heavy atom. The van der Waals surface area contributed by atoms with Crippen LogP contribution in [0.15, 0.2) is 39.4 Å². The van der Waals surface area contributed by atoms with Gasteiger partial charge in [-0.15, -0.1) is 0 Å². The van der Waals surface area contributed by atoms with Gasteiger partial charge in [0.05, 0.1) is 0 Å². The molecule has 2 heteroatoms. The first-order chi connectivity index (χ1) is 5.33. The summed E-state index contributed by atoms with van der Waals surface area (Å²) in [6, 6.07) is 10.2. The Hall–Kier alpha value is -0.0200. The topological polar surface area (TPSA) is 0 Å². The zero-order chi connectivity index (χ0) is 8.10. The van der Waals surface area contributed by atoms with Crippen molar-refractivity contribution in [2.24, 2.45) is 0 Å². The van der Waals surface area contributed by atoms with Crippen LogP contribution >= 0.6 is 34.2 Å². The van der Waals surface area contributed by atoms with Crippen LogP contribution in [0.2, 0.25) is 0 Å². The maximum absolute atomic E-state index is 5.85. The molecule has 0 saturated heterocycles. The third-order valence-electron chi connectivity index (χ3n) is 1.33. The predicted octanol–water partition coefficient (Wildman–Crippen LogP) is 3.74. The number of allylic oxidation sites excluding steroid dienone is 1. The second-order valence-electron chi connectivity index (χ2n) is 2.22. The minimum Gasteiger partial charge on any atom is -0.0883 e. The number of hydrogen-bond donors (Lipinski definition) is 0. The minimum absolute atomic E-state index is 0.839. The number of halogens is 2. The second-order valence-corrected chi connectivity index (χ2v) is 3.33. The van der Waals surface area contributed by atoms with Crippen molar-refractivity contribution in [3.63, 3.8) is 0 Å². The highest BCUT2D eigenvalue weighted by Crippen LogP contribution is 2.12. The predicted molar refractivity (Wildman–Crippen MR) is 58.1 cm³/mol. The first-order valence-corrected chi connectivity index (χ1v) is 4.94. The Balaban J connectivity index is 2.65. The molecule has 0 bridgehead atoms. The molecular weight excluding hydrogens is 270 g/mol. The average Bonchev–Trinajstić information content (AvgIpc) is 2.06. The highest BCUT2D eigenvalue weighted by Gasteiger charge is 1.92. The Morgan fingerprint density at radius 3 is 2.55 bits per heavy atom. The summed E-state index contributed by atoms with van der Waals surface area (Å²) in [5.74, 6) is 0. The zero-order valence-electron chi connectivity index (χ0n) is 5.93. The molecule has 0 radical (unpaired) electrons. The first kappa shape index (κ1) is 9.07. The lowest BCUT2D eigenvalue weighted by Gasteiger charge is -1.96. The SMILES string of the molecule is Cl/C(=C/I)Cc1ccccc1. The Morgan fingerprint density at radius 1 is 1.36 bits per heavy atom. The van der Waals surface area contributed by atoms with E-state index in [9.17, 15) is 0 Å². The van der Waals surface area contributed by atoms with E-state index in [0.29, 0.717) is 0 Å². The smallest absolute Gasteiger partial charge is 0.0285 e. The van der Waals surface area contributed by atoms with Crippen LogP contribution in [0.25, 0.3) is 0 Å². The molecule has 0 fully saturated rings. The van der Waals surface area contributed by atoms with E-state index < -0.39 is 0 Å². The lowest BCUT2D eigenvalue weighted by molar-refractivity contribution is 1.25. The zero-order valence-corrected chi connectivity index (χ0v) is 8.84. The van der Waals surface area contributed by atoms with Crippen LogP contribution in [0.4, 0.5) is 0 Å². The summed E-state index contributed by atoms with van der Waals surface area (Å²) in [5, 5.41) is 0.886. The van der Waals surface area contributed by atoms with E-state index in [1.807, 2.05) is 22.3 Å². The van der Waals surface area contributed by atoms with Gasteiger partial charge < -0.3 is 0 Å². The van der Waals surface area contributed by atoms with E-state index in [2.05, 4.69) is 34.7 Å². The van der Waals surface area contributed by atoms with Crippen LogP contribution < -0.4 is 0 Å². The molecule has 1 rings (SSSR count). The fourth-order valence-electron chi connectivity index (χ4n) is 0.829. The first-order valence-electron chi connectivity index (χ1n) is 3.31. The maximum atomic E-state index is 5.85. The van der Waals surface area contributed by atoms with Gasteiger partial charge in [0, 0.05) is 11.5 Å². The quantitative estimate of drug-likeness (QED) is 0.723. The molecule has 0 unspecified atom stereocenters. The van der Waals surface area contributed by atoms with Crippen molar-refractivity contribution >= 4 is 34.2 Å². The van der Waals surface area contributed by atoms with Gasteiger partial charge in [-0.2, -0.15) is 0 Å². The van der Waals surface area contributed by atoms with Crippen LogP contribution in [0, 0.1) is 0 Å². The second kappa shape index (κ2) is 4.78. The summed E-state index contributed by atoms with van der Waals surface area (Å²) < 4.78 is 1.90. The molecule has 0 atom stereocenters. The largest absolute Gasteiger partial charge is 0.0883 e. The Bertz CT molecular complexity index is 241. The van der Waals surface area contributed by atoms with E-state index in [-0.39, 0.29) is 0 Å². The summed E-state index contributed by atoms with van der Waals surface area (Å²) >= 11 is 8.00. The summed E-state index contributed by atoms with van der Waals surface area (Å²) in [6.45, 7) is 0. The third kappa shape index (κ3) is 3.25. The van der Waals surface area contributed by atoms with Crippen molar-refractivity contribution in [3.8, 4) is 0 Å². The van der Waals surface area contributed by atoms with Gasteiger partial charge in [0.2, 0.25) is 0 Å². The molecule has 0 N–H and O–H groups in total. The van der Waals surface area contributed by atoms with Crippen molar-refractivity contribution in [1.29, 1.82) is 0 Å². The highest BCUT2D eigenvalue weighted by atomic mass is 127. The lowest BCUT2D eigenvalue weighted by atomic mass is 10.1. The number of benzene rings is 1. The van der Waals surface area contributed by atoms with Crippen molar-refractivity contribution < 1.29 is 0 Å². The average molecular weight is 279 g/mol. The van der Waals surface area contributed by atoms with Crippen molar-refractivity contribution in [2.45, 2.75) is 6.42 Å². The van der Waals surface area contributed by atoms with Gasteiger partial charge in [-0.25, -0.2) is 0 Å². The van der Waals surface area contributed by atoms with E-state index in [1.54, 1.807) is 0 Å². The fraction of sp³-hybridized carbons (Fsp3) is 0.111. The minimum atomic E-state index is 0.839. The van der Waals surface area contributed by atoms with Gasteiger partial charge in [-0.1, -0.05) is 64.5 Å². The molecule has 11 heavy (non-hydrogen) atoms. The molecule has 0 spiro atoms. The highest BCUT2D eigenvalue weighted by molar-refractivity contribution is 14.1. The van der Waals surface area contributed by atoms with Crippen LogP contribution in [-0.4, -0.2) is 0 Å². The molecule has 1 aromatic carbocycles. The van der Waals surface area contributed by atoms with Crippen LogP contribution in [-0.2, 0) is 6.42 Å². The van der Waals surface area contributed by atoms with Gasteiger partial charge >= 0.3 is 0 Å². The van der Waals surface area contributed by atoms with Gasteiger partial charge in [0.25, 0.3) is 0 Å². The van der Waals surface area contributed by atoms with E-state index in [1.165, 1.54) is 5.56 Å². The molecule has 0 nitrogen and oxygen atoms in total. The van der Waals surface area contributed by atoms with Crippen molar-refractivity contribution in [3.05, 3.63) is 45.0 Å². The third-order valence-corrected chi connectivity index (χ3v) is 2.70. The standard InChI is InChI=1S/C9H8ClI/c10-9(7-11)6-8-4-2-1-3-5-8/h1-5,7H,6H2/b9-7+. The molecule has 0 heterocycles. The van der Waals surface area contributed by atoms with E-state index >= 15 is 0 Å². The summed E-state index contributed by atoms with van der Waals surface area (Å²) in [5.41, 5.74) is 1.26. The van der Waals surface area contributed by atoms with Gasteiger partial charge in [-0.3, -0.25) is 0 Å². The molecule has 0 amide bonds. The summed E-state index contributed by atoms with van der Waals surface area (Å²) in [4.78, 5) is 0. The Labute approximate surface area is 85.4 Å². The maximum Gasteiger partial charge on any atom is 0.0285 e. The molecule has 0 aromatic heterocycles. The van der Waals surface area contributed by atoms with Crippen LogP contribution in [0.3, 0.4) is 0 Å². The molecule has 0 aliphatic heterocycles. The molecule has 0 aliphatic rings. The summed E-state index contributed by atoms with van der Waals surface area (Å²) in [7, 11) is 0. The lowest BCUT2D eigenvalue weighted by Crippen LogP contribution is -1.81. The van der Waals surface area contributed by atoms with Crippen molar-refractivity contribution in [1.82, 2.24) is 0 Å². The normalized spacial score (nSPS) is 11.6. The molecular formula is C9H8ClI. The van der Waals surface area contributed by atoms with Crippen LogP contribution in [0.1, 0.15) is 5.56 Å². The molecule has 0 saturated carbocycles. The van der Waals surface area contributed by atoms with Crippen molar-refractivity contribution in [2.75, 3.05) is 0 Å². The fourth-order valence-corrected chi connectivity index (χ4v) is 1.20. The van der Waals surface area contributed by atoms with Gasteiger partial charge in [0.15, 0.2) is 0 Å². The Kier molecular flexibility index (Phi) is 3.94. The molecule has 58 valence electrons. The monoisotopic (exact) mass is 278 g/mol. The van der Waals surface area contributed by atoms with E-state index in [0.717, 1.165) is 11.5 Å². The molecule has 0 aliphatic carbocycles. The molecule has 1 aromatic rings. The van der Waals surface area contributed by atoms with Crippen LogP contribution in [0.5, 0.6) is 0 Å². The summed E-state index contributed by atoms with van der Waals surface area (Å²) in [6.07, 6.45) is 0.839. The van der Waals surface area contributed by atoms with Gasteiger partial charge in [-0.05, 0) is 9.65 Å². The van der Waals surface area contributed by atoms with Gasteiger partial charge in [0.1, 0.15) is 0 Å². The van der Waals surface area contributed by atoms with E-state index in [4.69, 9.17) is 11.6 Å². The number of rotatable bonds is 2. The number of hydrogen-bond acceptors (Lipinski definition) is 0.